The van der Waals surface area contributed by atoms with E-state index >= 15 is 0 Å². The molecule has 0 aromatic heterocycles. The Hall–Kier alpha value is -2.02. The van der Waals surface area contributed by atoms with Gasteiger partial charge in [0.25, 0.3) is 0 Å². The fraction of sp³-hybridized carbons (Fsp3) is 0.333. The van der Waals surface area contributed by atoms with Crippen molar-refractivity contribution in [1.82, 2.24) is 0 Å². The Morgan fingerprint density at radius 3 is 2.94 bits per heavy atom. The maximum atomic E-state index is 10.5. The predicted molar refractivity (Wildman–Crippen MR) is 62.8 cm³/mol. The van der Waals surface area contributed by atoms with Gasteiger partial charge in [0.1, 0.15) is 6.07 Å². The van der Waals surface area contributed by atoms with E-state index in [9.17, 15) is 4.79 Å². The minimum Gasteiger partial charge on any atom is -0.384 e. The summed E-state index contributed by atoms with van der Waals surface area (Å²) < 4.78 is 0. The molecular formula is C12H15N3O. The largest absolute Gasteiger partial charge is 0.384 e. The zero-order valence-corrected chi connectivity index (χ0v) is 9.29. The molecule has 0 spiro atoms. The fourth-order valence-electron chi connectivity index (χ4n) is 1.39. The van der Waals surface area contributed by atoms with Crippen molar-refractivity contribution in [3.8, 4) is 6.07 Å². The van der Waals surface area contributed by atoms with Gasteiger partial charge in [-0.05, 0) is 31.0 Å². The maximum absolute atomic E-state index is 10.5. The highest BCUT2D eigenvalue weighted by molar-refractivity contribution is 5.73. The third kappa shape index (κ3) is 3.62. The van der Waals surface area contributed by atoms with Gasteiger partial charge in [0.15, 0.2) is 0 Å². The summed E-state index contributed by atoms with van der Waals surface area (Å²) >= 11 is 0. The van der Waals surface area contributed by atoms with Crippen LogP contribution in [0.25, 0.3) is 0 Å². The first-order valence-electron chi connectivity index (χ1n) is 5.16. The van der Waals surface area contributed by atoms with Gasteiger partial charge in [0.2, 0.25) is 5.91 Å². The summed E-state index contributed by atoms with van der Waals surface area (Å²) in [7, 11) is 0. The number of amides is 1. The molecule has 0 aliphatic heterocycles. The zero-order chi connectivity index (χ0) is 12.0. The Morgan fingerprint density at radius 2 is 2.31 bits per heavy atom. The number of primary amides is 1. The number of carbonyl (C=O) groups excluding carboxylic acids is 1. The lowest BCUT2D eigenvalue weighted by molar-refractivity contribution is -0.118. The van der Waals surface area contributed by atoms with Crippen LogP contribution >= 0.6 is 0 Å². The summed E-state index contributed by atoms with van der Waals surface area (Å²) in [6.45, 7) is 2.61. The Balaban J connectivity index is 2.56. The highest BCUT2D eigenvalue weighted by Gasteiger charge is 2.01. The van der Waals surface area contributed by atoms with Crippen LogP contribution in [0.4, 0.5) is 5.69 Å². The average Bonchev–Trinajstić information content (AvgIpc) is 2.24. The average molecular weight is 217 g/mol. The second-order valence-electron chi connectivity index (χ2n) is 3.66. The van der Waals surface area contributed by atoms with E-state index in [1.165, 1.54) is 0 Å². The van der Waals surface area contributed by atoms with Crippen LogP contribution in [0.1, 0.15) is 24.0 Å². The van der Waals surface area contributed by atoms with E-state index in [2.05, 4.69) is 11.4 Å². The van der Waals surface area contributed by atoms with Gasteiger partial charge < -0.3 is 11.1 Å². The number of anilines is 1. The van der Waals surface area contributed by atoms with Crippen molar-refractivity contribution < 1.29 is 4.79 Å². The lowest BCUT2D eigenvalue weighted by atomic mass is 10.1. The van der Waals surface area contributed by atoms with Gasteiger partial charge in [-0.3, -0.25) is 4.79 Å². The minimum atomic E-state index is -0.299. The normalized spacial score (nSPS) is 9.50. The van der Waals surface area contributed by atoms with E-state index in [-0.39, 0.29) is 5.91 Å². The summed E-state index contributed by atoms with van der Waals surface area (Å²) in [5.74, 6) is -0.299. The summed E-state index contributed by atoms with van der Waals surface area (Å²) in [5.41, 5.74) is 7.55. The molecule has 0 radical (unpaired) electrons. The van der Waals surface area contributed by atoms with Gasteiger partial charge in [-0.1, -0.05) is 6.07 Å². The Labute approximate surface area is 95.1 Å². The number of rotatable bonds is 5. The number of aryl methyl sites for hydroxylation is 1. The summed E-state index contributed by atoms with van der Waals surface area (Å²) in [6, 6.07) is 7.72. The van der Waals surface area contributed by atoms with Crippen molar-refractivity contribution in [1.29, 1.82) is 5.26 Å². The van der Waals surface area contributed by atoms with Gasteiger partial charge in [-0.2, -0.15) is 5.26 Å². The molecule has 1 amide bonds. The molecule has 0 fully saturated rings. The van der Waals surface area contributed by atoms with Crippen LogP contribution in [0.15, 0.2) is 18.2 Å². The highest BCUT2D eigenvalue weighted by Crippen LogP contribution is 2.16. The molecule has 4 nitrogen and oxygen atoms in total. The van der Waals surface area contributed by atoms with Gasteiger partial charge in [0, 0.05) is 13.0 Å². The fourth-order valence-corrected chi connectivity index (χ4v) is 1.39. The van der Waals surface area contributed by atoms with Crippen molar-refractivity contribution >= 4 is 11.6 Å². The first-order chi connectivity index (χ1) is 7.63. The van der Waals surface area contributed by atoms with E-state index in [0.717, 1.165) is 11.3 Å². The van der Waals surface area contributed by atoms with Crippen LogP contribution in [-0.4, -0.2) is 12.5 Å². The zero-order valence-electron chi connectivity index (χ0n) is 9.29. The molecule has 0 bridgehead atoms. The molecule has 4 heteroatoms. The molecule has 1 rings (SSSR count). The monoisotopic (exact) mass is 217 g/mol. The standard InChI is InChI=1S/C12H15N3O/c1-9-4-5-10(8-13)11(7-9)15-6-2-3-12(14)16/h4-5,7,15H,2-3,6H2,1H3,(H2,14,16). The molecule has 0 saturated carbocycles. The summed E-state index contributed by atoms with van der Waals surface area (Å²) in [5, 5.41) is 12.0. The van der Waals surface area contributed by atoms with E-state index in [0.29, 0.717) is 24.9 Å². The second-order valence-corrected chi connectivity index (χ2v) is 3.66. The second kappa shape index (κ2) is 5.76. The molecule has 0 unspecified atom stereocenters. The molecule has 84 valence electrons. The van der Waals surface area contributed by atoms with Gasteiger partial charge in [-0.15, -0.1) is 0 Å². The third-order valence-corrected chi connectivity index (χ3v) is 2.21. The quantitative estimate of drug-likeness (QED) is 0.734. The topological polar surface area (TPSA) is 78.9 Å². The molecule has 3 N–H and O–H groups in total. The van der Waals surface area contributed by atoms with Crippen molar-refractivity contribution in [2.75, 3.05) is 11.9 Å². The third-order valence-electron chi connectivity index (χ3n) is 2.21. The Kier molecular flexibility index (Phi) is 4.34. The Bertz CT molecular complexity index is 421. The first kappa shape index (κ1) is 12.1. The van der Waals surface area contributed by atoms with Gasteiger partial charge >= 0.3 is 0 Å². The number of benzene rings is 1. The van der Waals surface area contributed by atoms with Crippen LogP contribution in [0.2, 0.25) is 0 Å². The van der Waals surface area contributed by atoms with E-state index in [1.807, 2.05) is 19.1 Å². The van der Waals surface area contributed by atoms with Crippen LogP contribution in [0.5, 0.6) is 0 Å². The number of hydrogen-bond acceptors (Lipinski definition) is 3. The van der Waals surface area contributed by atoms with Crippen LogP contribution < -0.4 is 11.1 Å². The number of hydrogen-bond donors (Lipinski definition) is 2. The summed E-state index contributed by atoms with van der Waals surface area (Å²) in [4.78, 5) is 10.5. The van der Waals surface area contributed by atoms with Gasteiger partial charge in [-0.25, -0.2) is 0 Å². The molecule has 16 heavy (non-hydrogen) atoms. The molecule has 0 saturated heterocycles. The van der Waals surface area contributed by atoms with Crippen LogP contribution in [0, 0.1) is 18.3 Å². The smallest absolute Gasteiger partial charge is 0.217 e. The maximum Gasteiger partial charge on any atom is 0.217 e. The van der Waals surface area contributed by atoms with Crippen LogP contribution in [0.3, 0.4) is 0 Å². The minimum absolute atomic E-state index is 0.299. The highest BCUT2D eigenvalue weighted by atomic mass is 16.1. The molecular weight excluding hydrogens is 202 g/mol. The number of nitriles is 1. The molecule has 0 heterocycles. The molecule has 0 aliphatic rings. The number of nitrogens with one attached hydrogen (secondary N) is 1. The number of carbonyl (C=O) groups is 1. The summed E-state index contributed by atoms with van der Waals surface area (Å²) in [6.07, 6.45) is 1.04. The van der Waals surface area contributed by atoms with E-state index < -0.39 is 0 Å². The lowest BCUT2D eigenvalue weighted by Gasteiger charge is -2.08. The van der Waals surface area contributed by atoms with Crippen molar-refractivity contribution in [2.45, 2.75) is 19.8 Å². The van der Waals surface area contributed by atoms with Crippen molar-refractivity contribution in [3.05, 3.63) is 29.3 Å². The van der Waals surface area contributed by atoms with E-state index in [1.54, 1.807) is 6.07 Å². The number of nitrogens with zero attached hydrogens (tertiary/aromatic N) is 1. The van der Waals surface area contributed by atoms with Gasteiger partial charge in [0.05, 0.1) is 11.3 Å². The van der Waals surface area contributed by atoms with E-state index in [4.69, 9.17) is 11.0 Å². The molecule has 0 aliphatic carbocycles. The lowest BCUT2D eigenvalue weighted by Crippen LogP contribution is -2.13. The predicted octanol–water partition coefficient (Wildman–Crippen LogP) is 1.54. The SMILES string of the molecule is Cc1ccc(C#N)c(NCCCC(N)=O)c1. The number of nitrogens with two attached hydrogens (primary N) is 1. The first-order valence-corrected chi connectivity index (χ1v) is 5.16. The van der Waals surface area contributed by atoms with Crippen molar-refractivity contribution in [2.24, 2.45) is 5.73 Å². The van der Waals surface area contributed by atoms with Crippen molar-refractivity contribution in [3.63, 3.8) is 0 Å². The van der Waals surface area contributed by atoms with Crippen LogP contribution in [-0.2, 0) is 4.79 Å². The Morgan fingerprint density at radius 1 is 1.56 bits per heavy atom. The molecule has 0 atom stereocenters. The molecule has 1 aromatic rings. The molecule has 1 aromatic carbocycles.